The summed E-state index contributed by atoms with van der Waals surface area (Å²) in [4.78, 5) is 39.5. The lowest BCUT2D eigenvalue weighted by Gasteiger charge is -2.29. The van der Waals surface area contributed by atoms with E-state index in [9.17, 15) is 19.5 Å². The Kier molecular flexibility index (Phi) is 5.49. The fourth-order valence-corrected chi connectivity index (χ4v) is 3.78. The van der Waals surface area contributed by atoms with Crippen LogP contribution in [0, 0.1) is 5.92 Å². The van der Waals surface area contributed by atoms with Crippen molar-refractivity contribution >= 4 is 18.2 Å². The molecule has 8 nitrogen and oxygen atoms in total. The molecule has 0 spiro atoms. The van der Waals surface area contributed by atoms with Crippen molar-refractivity contribution in [3.05, 3.63) is 35.9 Å². The first kappa shape index (κ1) is 20.0. The first-order valence-electron chi connectivity index (χ1n) is 9.35. The van der Waals surface area contributed by atoms with Crippen LogP contribution in [0.5, 0.6) is 0 Å². The van der Waals surface area contributed by atoms with E-state index in [1.807, 2.05) is 30.3 Å². The molecule has 2 aliphatic heterocycles. The molecule has 2 aliphatic rings. The first-order valence-corrected chi connectivity index (χ1v) is 9.35. The van der Waals surface area contributed by atoms with E-state index in [4.69, 9.17) is 9.47 Å². The summed E-state index contributed by atoms with van der Waals surface area (Å²) in [5, 5.41) is 9.55. The van der Waals surface area contributed by atoms with Gasteiger partial charge in [-0.15, -0.1) is 0 Å². The highest BCUT2D eigenvalue weighted by Gasteiger charge is 2.53. The molecule has 152 valence electrons. The van der Waals surface area contributed by atoms with Crippen LogP contribution in [-0.2, 0) is 20.9 Å². The SMILES string of the molecule is CC(C)(C)OC(=O)N1C[C@H]2C[C@H](C(=O)O)N(C(=O)OCc3ccccc3)[C@H]2C1. The van der Waals surface area contributed by atoms with Crippen LogP contribution < -0.4 is 0 Å². The molecule has 0 aliphatic carbocycles. The van der Waals surface area contributed by atoms with Gasteiger partial charge in [0.25, 0.3) is 0 Å². The van der Waals surface area contributed by atoms with Gasteiger partial charge in [0.05, 0.1) is 6.04 Å². The number of fused-ring (bicyclic) bond motifs is 1. The van der Waals surface area contributed by atoms with Gasteiger partial charge in [-0.2, -0.15) is 0 Å². The summed E-state index contributed by atoms with van der Waals surface area (Å²) in [5.41, 5.74) is 0.201. The molecule has 1 aromatic carbocycles. The summed E-state index contributed by atoms with van der Waals surface area (Å²) >= 11 is 0. The maximum Gasteiger partial charge on any atom is 0.411 e. The van der Waals surface area contributed by atoms with E-state index < -0.39 is 35.8 Å². The molecule has 0 bridgehead atoms. The van der Waals surface area contributed by atoms with Crippen LogP contribution in [0.15, 0.2) is 30.3 Å². The Bertz CT molecular complexity index is 745. The van der Waals surface area contributed by atoms with E-state index in [-0.39, 0.29) is 19.1 Å². The summed E-state index contributed by atoms with van der Waals surface area (Å²) in [6.07, 6.45) is -0.833. The van der Waals surface area contributed by atoms with E-state index in [2.05, 4.69) is 0 Å². The number of carbonyl (C=O) groups excluding carboxylic acids is 2. The molecular weight excluding hydrogens is 364 g/mol. The van der Waals surface area contributed by atoms with Crippen molar-refractivity contribution in [2.24, 2.45) is 5.92 Å². The molecule has 2 amide bonds. The first-order chi connectivity index (χ1) is 13.2. The molecule has 0 radical (unpaired) electrons. The standard InChI is InChI=1S/C20H26N2O6/c1-20(2,3)28-18(25)21-10-14-9-15(17(23)24)22(16(14)11-21)19(26)27-12-13-7-5-4-6-8-13/h4-8,14-16H,9-12H2,1-3H3,(H,23,24)/t14-,15-,16+/m1/s1. The highest BCUT2D eigenvalue weighted by molar-refractivity contribution is 5.81. The number of carboxylic acid groups (broad SMARTS) is 1. The van der Waals surface area contributed by atoms with Gasteiger partial charge in [0, 0.05) is 19.0 Å². The number of carboxylic acids is 1. The highest BCUT2D eigenvalue weighted by atomic mass is 16.6. The smallest absolute Gasteiger partial charge is 0.411 e. The number of nitrogens with zero attached hydrogens (tertiary/aromatic N) is 2. The number of likely N-dealkylation sites (tertiary alicyclic amines) is 2. The summed E-state index contributed by atoms with van der Waals surface area (Å²) in [7, 11) is 0. The molecular formula is C20H26N2O6. The largest absolute Gasteiger partial charge is 0.480 e. The number of rotatable bonds is 3. The number of aliphatic carboxylic acids is 1. The quantitative estimate of drug-likeness (QED) is 0.852. The van der Waals surface area contributed by atoms with Gasteiger partial charge < -0.3 is 19.5 Å². The van der Waals surface area contributed by atoms with Crippen molar-refractivity contribution < 1.29 is 29.0 Å². The summed E-state index contributed by atoms with van der Waals surface area (Å²) < 4.78 is 10.8. The van der Waals surface area contributed by atoms with E-state index in [0.29, 0.717) is 13.0 Å². The van der Waals surface area contributed by atoms with E-state index >= 15 is 0 Å². The van der Waals surface area contributed by atoms with Crippen LogP contribution in [0.4, 0.5) is 9.59 Å². The van der Waals surface area contributed by atoms with Crippen molar-refractivity contribution in [2.45, 2.75) is 51.5 Å². The minimum atomic E-state index is -1.06. The fourth-order valence-electron chi connectivity index (χ4n) is 3.78. The molecule has 2 saturated heterocycles. The molecule has 1 N–H and O–H groups in total. The molecule has 8 heteroatoms. The molecule has 0 unspecified atom stereocenters. The molecule has 28 heavy (non-hydrogen) atoms. The number of hydrogen-bond acceptors (Lipinski definition) is 5. The van der Waals surface area contributed by atoms with Crippen LogP contribution >= 0.6 is 0 Å². The minimum absolute atomic E-state index is 0.0652. The number of ether oxygens (including phenoxy) is 2. The lowest BCUT2D eigenvalue weighted by Crippen LogP contribution is -2.48. The van der Waals surface area contributed by atoms with Crippen LogP contribution in [0.25, 0.3) is 0 Å². The predicted octanol–water partition coefficient (Wildman–Crippen LogP) is 2.72. The second-order valence-corrected chi connectivity index (χ2v) is 8.25. The zero-order valence-electron chi connectivity index (χ0n) is 16.3. The van der Waals surface area contributed by atoms with Gasteiger partial charge in [-0.05, 0) is 32.8 Å². The normalized spacial score (nSPS) is 24.0. The van der Waals surface area contributed by atoms with Gasteiger partial charge >= 0.3 is 18.2 Å². The van der Waals surface area contributed by atoms with Crippen LogP contribution in [0.2, 0.25) is 0 Å². The zero-order valence-corrected chi connectivity index (χ0v) is 16.3. The Morgan fingerprint density at radius 3 is 2.39 bits per heavy atom. The lowest BCUT2D eigenvalue weighted by molar-refractivity contribution is -0.142. The number of benzene rings is 1. The second kappa shape index (κ2) is 7.69. The van der Waals surface area contributed by atoms with Gasteiger partial charge in [-0.25, -0.2) is 14.4 Å². The molecule has 2 fully saturated rings. The van der Waals surface area contributed by atoms with Crippen LogP contribution in [0.1, 0.15) is 32.8 Å². The minimum Gasteiger partial charge on any atom is -0.480 e. The number of carbonyl (C=O) groups is 3. The zero-order chi connectivity index (χ0) is 20.5. The van der Waals surface area contributed by atoms with Gasteiger partial charge in [-0.1, -0.05) is 30.3 Å². The van der Waals surface area contributed by atoms with Gasteiger partial charge in [0.2, 0.25) is 0 Å². The highest BCUT2D eigenvalue weighted by Crippen LogP contribution is 2.37. The summed E-state index contributed by atoms with van der Waals surface area (Å²) in [5.74, 6) is -1.17. The Hall–Kier alpha value is -2.77. The molecule has 3 atom stereocenters. The van der Waals surface area contributed by atoms with E-state index in [1.165, 1.54) is 9.80 Å². The van der Waals surface area contributed by atoms with Crippen molar-refractivity contribution in [1.82, 2.24) is 9.80 Å². The van der Waals surface area contributed by atoms with Gasteiger partial charge in [-0.3, -0.25) is 4.90 Å². The average Bonchev–Trinajstić information content (AvgIpc) is 3.17. The summed E-state index contributed by atoms with van der Waals surface area (Å²) in [6, 6.07) is 7.86. The van der Waals surface area contributed by atoms with Crippen molar-refractivity contribution in [3.63, 3.8) is 0 Å². The topological polar surface area (TPSA) is 96.4 Å². The fraction of sp³-hybridized carbons (Fsp3) is 0.550. The Balaban J connectivity index is 1.68. The molecule has 2 heterocycles. The Morgan fingerprint density at radius 1 is 1.11 bits per heavy atom. The van der Waals surface area contributed by atoms with Gasteiger partial charge in [0.15, 0.2) is 0 Å². The van der Waals surface area contributed by atoms with E-state index in [1.54, 1.807) is 20.8 Å². The predicted molar refractivity (Wildman–Crippen MR) is 99.6 cm³/mol. The Morgan fingerprint density at radius 2 is 1.79 bits per heavy atom. The molecule has 3 rings (SSSR count). The molecule has 0 saturated carbocycles. The third kappa shape index (κ3) is 4.37. The number of amides is 2. The average molecular weight is 390 g/mol. The third-order valence-corrected chi connectivity index (χ3v) is 4.98. The maximum absolute atomic E-state index is 12.7. The van der Waals surface area contributed by atoms with Crippen LogP contribution in [0.3, 0.4) is 0 Å². The van der Waals surface area contributed by atoms with Crippen molar-refractivity contribution in [2.75, 3.05) is 13.1 Å². The lowest BCUT2D eigenvalue weighted by atomic mass is 10.0. The second-order valence-electron chi connectivity index (χ2n) is 8.25. The van der Waals surface area contributed by atoms with Crippen molar-refractivity contribution in [3.8, 4) is 0 Å². The molecule has 1 aromatic rings. The van der Waals surface area contributed by atoms with Crippen molar-refractivity contribution in [1.29, 1.82) is 0 Å². The third-order valence-electron chi connectivity index (χ3n) is 4.98. The van der Waals surface area contributed by atoms with Crippen LogP contribution in [-0.4, -0.2) is 63.8 Å². The maximum atomic E-state index is 12.7. The number of hydrogen-bond donors (Lipinski definition) is 1. The monoisotopic (exact) mass is 390 g/mol. The summed E-state index contributed by atoms with van der Waals surface area (Å²) in [6.45, 7) is 6.03. The van der Waals surface area contributed by atoms with E-state index in [0.717, 1.165) is 5.56 Å². The Labute approximate surface area is 164 Å². The molecule has 0 aromatic heterocycles. The van der Waals surface area contributed by atoms with Gasteiger partial charge in [0.1, 0.15) is 18.2 Å².